The molecular formula is C13H16FNO3. The zero-order valence-electron chi connectivity index (χ0n) is 10.0. The van der Waals surface area contributed by atoms with Crippen LogP contribution in [0.15, 0.2) is 6.07 Å². The van der Waals surface area contributed by atoms with E-state index in [-0.39, 0.29) is 11.8 Å². The molecule has 2 aliphatic rings. The molecule has 2 N–H and O–H groups in total. The Balaban J connectivity index is 2.11. The average Bonchev–Trinajstić information content (AvgIpc) is 2.78. The van der Waals surface area contributed by atoms with Gasteiger partial charge in [0.1, 0.15) is 0 Å². The molecule has 4 nitrogen and oxygen atoms in total. The summed E-state index contributed by atoms with van der Waals surface area (Å²) in [4.78, 5) is 0. The molecule has 1 aromatic carbocycles. The summed E-state index contributed by atoms with van der Waals surface area (Å²) in [5.74, 6) is -0.0844. The quantitative estimate of drug-likeness (QED) is 0.805. The lowest BCUT2D eigenvalue weighted by Gasteiger charge is -2.19. The SMILES string of the molecule is Oc1c(F)cc2c(c1C1CCCN1)OCCCO2. The van der Waals surface area contributed by atoms with Crippen molar-refractivity contribution in [2.75, 3.05) is 19.8 Å². The van der Waals surface area contributed by atoms with Crippen LogP contribution in [0.2, 0.25) is 0 Å². The van der Waals surface area contributed by atoms with Crippen molar-refractivity contribution in [3.8, 4) is 17.2 Å². The van der Waals surface area contributed by atoms with Gasteiger partial charge in [0.2, 0.25) is 0 Å². The second-order valence-electron chi connectivity index (χ2n) is 4.65. The number of hydrogen-bond donors (Lipinski definition) is 2. The van der Waals surface area contributed by atoms with Crippen molar-refractivity contribution < 1.29 is 19.0 Å². The Morgan fingerprint density at radius 2 is 2.11 bits per heavy atom. The van der Waals surface area contributed by atoms with Crippen LogP contribution in [0, 0.1) is 5.82 Å². The smallest absolute Gasteiger partial charge is 0.169 e. The number of halogens is 1. The second kappa shape index (κ2) is 4.65. The monoisotopic (exact) mass is 253 g/mol. The van der Waals surface area contributed by atoms with Crippen molar-refractivity contribution in [3.63, 3.8) is 0 Å². The second-order valence-corrected chi connectivity index (χ2v) is 4.65. The number of benzene rings is 1. The Kier molecular flexibility index (Phi) is 2.99. The molecule has 0 spiro atoms. The lowest BCUT2D eigenvalue weighted by molar-refractivity contribution is 0.294. The van der Waals surface area contributed by atoms with Gasteiger partial charge in [-0.3, -0.25) is 0 Å². The summed E-state index contributed by atoms with van der Waals surface area (Å²) in [5, 5.41) is 13.2. The molecule has 0 radical (unpaired) electrons. The molecule has 0 aromatic heterocycles. The predicted octanol–water partition coefficient (Wildman–Crippen LogP) is 2.12. The van der Waals surface area contributed by atoms with E-state index in [0.717, 1.165) is 25.8 Å². The minimum atomic E-state index is -0.650. The van der Waals surface area contributed by atoms with Crippen LogP contribution in [0.5, 0.6) is 17.2 Å². The summed E-state index contributed by atoms with van der Waals surface area (Å²) in [5.41, 5.74) is 0.504. The van der Waals surface area contributed by atoms with Gasteiger partial charge >= 0.3 is 0 Å². The highest BCUT2D eigenvalue weighted by Crippen LogP contribution is 2.45. The highest BCUT2D eigenvalue weighted by atomic mass is 19.1. The van der Waals surface area contributed by atoms with Crippen molar-refractivity contribution >= 4 is 0 Å². The number of ether oxygens (including phenoxy) is 2. The highest BCUT2D eigenvalue weighted by molar-refractivity contribution is 5.56. The van der Waals surface area contributed by atoms with E-state index in [1.165, 1.54) is 6.07 Å². The van der Waals surface area contributed by atoms with Gasteiger partial charge in [0.25, 0.3) is 0 Å². The molecule has 5 heteroatoms. The molecule has 0 aliphatic carbocycles. The number of hydrogen-bond acceptors (Lipinski definition) is 4. The number of aromatic hydroxyl groups is 1. The molecule has 0 bridgehead atoms. The van der Waals surface area contributed by atoms with Gasteiger partial charge in [-0.05, 0) is 19.4 Å². The van der Waals surface area contributed by atoms with Gasteiger partial charge < -0.3 is 19.9 Å². The Hall–Kier alpha value is -1.49. The Morgan fingerprint density at radius 1 is 1.28 bits per heavy atom. The van der Waals surface area contributed by atoms with Crippen molar-refractivity contribution in [1.82, 2.24) is 5.32 Å². The first-order valence-corrected chi connectivity index (χ1v) is 6.31. The molecule has 18 heavy (non-hydrogen) atoms. The van der Waals surface area contributed by atoms with Crippen LogP contribution in [-0.2, 0) is 0 Å². The Bertz CT molecular complexity index is 458. The zero-order chi connectivity index (χ0) is 12.5. The van der Waals surface area contributed by atoms with Crippen molar-refractivity contribution in [3.05, 3.63) is 17.4 Å². The standard InChI is InChI=1S/C13H16FNO3/c14-8-7-10-13(18-6-2-5-17-10)11(12(8)16)9-3-1-4-15-9/h7,9,15-16H,1-6H2. The van der Waals surface area contributed by atoms with E-state index in [0.29, 0.717) is 30.3 Å². The van der Waals surface area contributed by atoms with Gasteiger partial charge in [-0.15, -0.1) is 0 Å². The van der Waals surface area contributed by atoms with Gasteiger partial charge in [0, 0.05) is 18.5 Å². The van der Waals surface area contributed by atoms with E-state index in [9.17, 15) is 9.50 Å². The molecule has 1 unspecified atom stereocenters. The van der Waals surface area contributed by atoms with E-state index in [2.05, 4.69) is 5.32 Å². The molecule has 1 aromatic rings. The molecule has 2 aliphatic heterocycles. The minimum absolute atomic E-state index is 0.0591. The number of nitrogens with one attached hydrogen (secondary N) is 1. The Labute approximate surface area is 105 Å². The molecule has 1 atom stereocenters. The van der Waals surface area contributed by atoms with Gasteiger partial charge in [-0.25, -0.2) is 4.39 Å². The first-order chi connectivity index (χ1) is 8.77. The Morgan fingerprint density at radius 3 is 2.89 bits per heavy atom. The zero-order valence-corrected chi connectivity index (χ0v) is 10.0. The van der Waals surface area contributed by atoms with Gasteiger partial charge in [-0.1, -0.05) is 0 Å². The van der Waals surface area contributed by atoms with Crippen molar-refractivity contribution in [2.24, 2.45) is 0 Å². The van der Waals surface area contributed by atoms with Gasteiger partial charge in [0.15, 0.2) is 23.1 Å². The fourth-order valence-electron chi connectivity index (χ4n) is 2.54. The lowest BCUT2D eigenvalue weighted by atomic mass is 10.0. The molecular weight excluding hydrogens is 237 g/mol. The minimum Gasteiger partial charge on any atom is -0.504 e. The van der Waals surface area contributed by atoms with Gasteiger partial charge in [-0.2, -0.15) is 0 Å². The first-order valence-electron chi connectivity index (χ1n) is 6.31. The van der Waals surface area contributed by atoms with E-state index >= 15 is 0 Å². The largest absolute Gasteiger partial charge is 0.504 e. The van der Waals surface area contributed by atoms with Crippen LogP contribution < -0.4 is 14.8 Å². The van der Waals surface area contributed by atoms with Crippen molar-refractivity contribution in [1.29, 1.82) is 0 Å². The molecule has 0 amide bonds. The third-order valence-electron chi connectivity index (χ3n) is 3.41. The van der Waals surface area contributed by atoms with E-state index in [1.807, 2.05) is 0 Å². The normalized spacial score (nSPS) is 22.8. The molecule has 2 heterocycles. The summed E-state index contributed by atoms with van der Waals surface area (Å²) in [6.45, 7) is 1.91. The predicted molar refractivity (Wildman–Crippen MR) is 63.6 cm³/mol. The molecule has 0 saturated carbocycles. The molecule has 1 fully saturated rings. The van der Waals surface area contributed by atoms with E-state index < -0.39 is 5.82 Å². The van der Waals surface area contributed by atoms with Crippen LogP contribution >= 0.6 is 0 Å². The summed E-state index contributed by atoms with van der Waals surface area (Å²) >= 11 is 0. The fraction of sp³-hybridized carbons (Fsp3) is 0.538. The average molecular weight is 253 g/mol. The van der Waals surface area contributed by atoms with Crippen LogP contribution in [0.4, 0.5) is 4.39 Å². The third kappa shape index (κ3) is 1.88. The van der Waals surface area contributed by atoms with Crippen LogP contribution in [0.3, 0.4) is 0 Å². The highest BCUT2D eigenvalue weighted by Gasteiger charge is 2.29. The fourth-order valence-corrected chi connectivity index (χ4v) is 2.54. The molecule has 1 saturated heterocycles. The van der Waals surface area contributed by atoms with Gasteiger partial charge in [0.05, 0.1) is 18.8 Å². The number of fused-ring (bicyclic) bond motifs is 1. The number of rotatable bonds is 1. The van der Waals surface area contributed by atoms with E-state index in [4.69, 9.17) is 9.47 Å². The maximum Gasteiger partial charge on any atom is 0.169 e. The summed E-state index contributed by atoms with van der Waals surface area (Å²) in [7, 11) is 0. The lowest BCUT2D eigenvalue weighted by Crippen LogP contribution is -2.15. The van der Waals surface area contributed by atoms with Crippen LogP contribution in [-0.4, -0.2) is 24.9 Å². The molecule has 3 rings (SSSR count). The maximum atomic E-state index is 13.7. The molecule has 98 valence electrons. The third-order valence-corrected chi connectivity index (χ3v) is 3.41. The number of phenols is 1. The first kappa shape index (κ1) is 11.6. The van der Waals surface area contributed by atoms with Crippen LogP contribution in [0.1, 0.15) is 30.9 Å². The van der Waals surface area contributed by atoms with Crippen LogP contribution in [0.25, 0.3) is 0 Å². The summed E-state index contributed by atoms with van der Waals surface area (Å²) < 4.78 is 24.9. The number of phenolic OH excluding ortho intramolecular Hbond substituents is 1. The topological polar surface area (TPSA) is 50.7 Å². The van der Waals surface area contributed by atoms with Crippen molar-refractivity contribution in [2.45, 2.75) is 25.3 Å². The summed E-state index contributed by atoms with van der Waals surface area (Å²) in [6, 6.07) is 1.14. The van der Waals surface area contributed by atoms with E-state index in [1.54, 1.807) is 0 Å². The maximum absolute atomic E-state index is 13.7. The summed E-state index contributed by atoms with van der Waals surface area (Å²) in [6.07, 6.45) is 2.64.